The van der Waals surface area contributed by atoms with Crippen molar-refractivity contribution in [2.75, 3.05) is 56.7 Å². The van der Waals surface area contributed by atoms with E-state index >= 15 is 0 Å². The van der Waals surface area contributed by atoms with Crippen molar-refractivity contribution in [3.63, 3.8) is 0 Å². The van der Waals surface area contributed by atoms with Gasteiger partial charge in [-0.3, -0.25) is 9.10 Å². The summed E-state index contributed by atoms with van der Waals surface area (Å²) in [6, 6.07) is 16.8. The van der Waals surface area contributed by atoms with E-state index in [-0.39, 0.29) is 53.2 Å². The molecule has 1 aliphatic heterocycles. The van der Waals surface area contributed by atoms with E-state index in [2.05, 4.69) is 5.32 Å². The van der Waals surface area contributed by atoms with Crippen LogP contribution in [0.15, 0.2) is 76.5 Å². The summed E-state index contributed by atoms with van der Waals surface area (Å²) in [6.07, 6.45) is 0. The Morgan fingerprint density at radius 3 is 2.17 bits per heavy atom. The molecule has 11 nitrogen and oxygen atoms in total. The molecule has 4 rings (SSSR count). The first-order chi connectivity index (χ1) is 19.1. The maximum absolute atomic E-state index is 13.6. The zero-order valence-corrected chi connectivity index (χ0v) is 24.0. The first-order valence-electron chi connectivity index (χ1n) is 12.4. The van der Waals surface area contributed by atoms with Crippen molar-refractivity contribution in [3.05, 3.63) is 72.3 Å². The molecular formula is C27H31N3O8S2. The van der Waals surface area contributed by atoms with Crippen LogP contribution in [0, 0.1) is 6.92 Å². The summed E-state index contributed by atoms with van der Waals surface area (Å²) in [5.74, 6) is -0.0363. The fraction of sp³-hybridized carbons (Fsp3) is 0.296. The van der Waals surface area contributed by atoms with Crippen LogP contribution in [0.3, 0.4) is 0 Å². The van der Waals surface area contributed by atoms with Gasteiger partial charge in [0.1, 0.15) is 22.9 Å². The average molecular weight is 590 g/mol. The van der Waals surface area contributed by atoms with Crippen LogP contribution in [0.4, 0.5) is 11.4 Å². The fourth-order valence-electron chi connectivity index (χ4n) is 4.11. The van der Waals surface area contributed by atoms with E-state index in [1.54, 1.807) is 24.3 Å². The highest BCUT2D eigenvalue weighted by Crippen LogP contribution is 2.31. The molecule has 0 atom stereocenters. The van der Waals surface area contributed by atoms with Gasteiger partial charge < -0.3 is 19.5 Å². The van der Waals surface area contributed by atoms with Crippen LogP contribution in [-0.2, 0) is 29.6 Å². The van der Waals surface area contributed by atoms with Gasteiger partial charge >= 0.3 is 0 Å². The third-order valence-corrected chi connectivity index (χ3v) is 10.00. The topological polar surface area (TPSA) is 132 Å². The van der Waals surface area contributed by atoms with Gasteiger partial charge in [0.25, 0.3) is 10.0 Å². The van der Waals surface area contributed by atoms with Gasteiger partial charge in [0.05, 0.1) is 38.0 Å². The highest BCUT2D eigenvalue weighted by Gasteiger charge is 2.31. The molecule has 0 bridgehead atoms. The van der Waals surface area contributed by atoms with Crippen LogP contribution in [-0.4, -0.2) is 74.1 Å². The summed E-state index contributed by atoms with van der Waals surface area (Å²) in [5.41, 5.74) is 1.30. The average Bonchev–Trinajstić information content (AvgIpc) is 2.96. The molecule has 1 N–H and O–H groups in total. The Balaban J connectivity index is 1.64. The first-order valence-corrected chi connectivity index (χ1v) is 15.2. The summed E-state index contributed by atoms with van der Waals surface area (Å²) < 4.78 is 71.9. The SMILES string of the molecule is COc1ccc(N(CC(=O)Nc2ccc(OC)c(S(=O)(=O)N3CCOCC3)c2)S(=O)(=O)c2ccc(C)cc2)cc1. The predicted octanol–water partition coefficient (Wildman–Crippen LogP) is 2.87. The van der Waals surface area contributed by atoms with E-state index in [4.69, 9.17) is 14.2 Å². The highest BCUT2D eigenvalue weighted by molar-refractivity contribution is 7.92. The Bertz CT molecular complexity index is 1550. The monoisotopic (exact) mass is 589 g/mol. The number of aryl methyl sites for hydroxylation is 1. The number of carbonyl (C=O) groups is 1. The summed E-state index contributed by atoms with van der Waals surface area (Å²) in [6.45, 7) is 2.20. The quantitative estimate of drug-likeness (QED) is 0.382. The molecule has 0 aliphatic carbocycles. The summed E-state index contributed by atoms with van der Waals surface area (Å²) in [5, 5.41) is 2.63. The molecule has 0 spiro atoms. The van der Waals surface area contributed by atoms with E-state index in [1.807, 2.05) is 6.92 Å². The summed E-state index contributed by atoms with van der Waals surface area (Å²) in [4.78, 5) is 13.1. The molecule has 1 amide bonds. The number of carbonyl (C=O) groups excluding carboxylic acids is 1. The van der Waals surface area contributed by atoms with Gasteiger partial charge in [-0.1, -0.05) is 17.7 Å². The molecule has 0 saturated carbocycles. The van der Waals surface area contributed by atoms with Crippen LogP contribution in [0.5, 0.6) is 11.5 Å². The molecule has 0 radical (unpaired) electrons. The van der Waals surface area contributed by atoms with Crippen LogP contribution in [0.2, 0.25) is 0 Å². The molecule has 1 heterocycles. The Kier molecular flexibility index (Phi) is 8.98. The minimum Gasteiger partial charge on any atom is -0.497 e. The summed E-state index contributed by atoms with van der Waals surface area (Å²) in [7, 11) is -5.23. The number of morpholine rings is 1. The molecule has 1 fully saturated rings. The highest BCUT2D eigenvalue weighted by atomic mass is 32.2. The van der Waals surface area contributed by atoms with Gasteiger partial charge in [-0.25, -0.2) is 16.8 Å². The van der Waals surface area contributed by atoms with Crippen molar-refractivity contribution in [2.24, 2.45) is 0 Å². The molecule has 40 heavy (non-hydrogen) atoms. The van der Waals surface area contributed by atoms with Crippen LogP contribution >= 0.6 is 0 Å². The lowest BCUT2D eigenvalue weighted by atomic mass is 10.2. The van der Waals surface area contributed by atoms with Crippen molar-refractivity contribution in [1.29, 1.82) is 0 Å². The Morgan fingerprint density at radius 2 is 1.57 bits per heavy atom. The molecule has 3 aromatic rings. The van der Waals surface area contributed by atoms with E-state index in [0.29, 0.717) is 5.75 Å². The number of methoxy groups -OCH3 is 2. The van der Waals surface area contributed by atoms with Gasteiger partial charge in [0.2, 0.25) is 15.9 Å². The number of rotatable bonds is 10. The Labute approximate surface area is 234 Å². The lowest BCUT2D eigenvalue weighted by Gasteiger charge is -2.27. The van der Waals surface area contributed by atoms with Gasteiger partial charge in [-0.15, -0.1) is 0 Å². The lowest BCUT2D eigenvalue weighted by Crippen LogP contribution is -2.40. The number of hydrogen-bond acceptors (Lipinski definition) is 8. The number of nitrogens with one attached hydrogen (secondary N) is 1. The van der Waals surface area contributed by atoms with E-state index < -0.39 is 32.5 Å². The number of nitrogens with zero attached hydrogens (tertiary/aromatic N) is 2. The second-order valence-corrected chi connectivity index (χ2v) is 12.7. The minimum absolute atomic E-state index is 0.0186. The maximum atomic E-state index is 13.6. The van der Waals surface area contributed by atoms with Crippen LogP contribution in [0.25, 0.3) is 0 Å². The van der Waals surface area contributed by atoms with Crippen molar-refractivity contribution in [3.8, 4) is 11.5 Å². The molecule has 214 valence electrons. The van der Waals surface area contributed by atoms with Gasteiger partial charge in [0.15, 0.2) is 0 Å². The molecule has 0 aromatic heterocycles. The van der Waals surface area contributed by atoms with Gasteiger partial charge in [-0.2, -0.15) is 4.31 Å². The Morgan fingerprint density at radius 1 is 0.925 bits per heavy atom. The Hall–Kier alpha value is -3.65. The third-order valence-electron chi connectivity index (χ3n) is 6.29. The number of anilines is 2. The summed E-state index contributed by atoms with van der Waals surface area (Å²) >= 11 is 0. The zero-order valence-electron chi connectivity index (χ0n) is 22.4. The standard InChI is InChI=1S/C27H31N3O8S2/c1-20-4-11-24(12-5-20)39(32,33)30(22-7-9-23(36-2)10-8-22)19-27(31)28-21-6-13-25(37-3)26(18-21)40(34,35)29-14-16-38-17-15-29/h4-13,18H,14-17,19H2,1-3H3,(H,28,31). The molecule has 1 aliphatic rings. The minimum atomic E-state index is -4.14. The zero-order chi connectivity index (χ0) is 28.9. The second kappa shape index (κ2) is 12.3. The van der Waals surface area contributed by atoms with Crippen molar-refractivity contribution in [2.45, 2.75) is 16.7 Å². The molecule has 3 aromatic carbocycles. The number of sulfonamides is 2. The third kappa shape index (κ3) is 6.39. The van der Waals surface area contributed by atoms with Crippen molar-refractivity contribution >= 4 is 37.3 Å². The smallest absolute Gasteiger partial charge is 0.264 e. The van der Waals surface area contributed by atoms with Crippen molar-refractivity contribution in [1.82, 2.24) is 4.31 Å². The normalized spacial score (nSPS) is 14.4. The molecular weight excluding hydrogens is 558 g/mol. The van der Waals surface area contributed by atoms with E-state index in [1.165, 1.54) is 61.0 Å². The first kappa shape index (κ1) is 29.3. The van der Waals surface area contributed by atoms with Gasteiger partial charge in [-0.05, 0) is 61.5 Å². The molecule has 0 unspecified atom stereocenters. The maximum Gasteiger partial charge on any atom is 0.264 e. The second-order valence-electron chi connectivity index (χ2n) is 8.95. The number of hydrogen-bond donors (Lipinski definition) is 1. The van der Waals surface area contributed by atoms with E-state index in [0.717, 1.165) is 9.87 Å². The predicted molar refractivity (Wildman–Crippen MR) is 150 cm³/mol. The number of amides is 1. The van der Waals surface area contributed by atoms with Gasteiger partial charge in [0, 0.05) is 18.8 Å². The van der Waals surface area contributed by atoms with Crippen LogP contribution < -0.4 is 19.1 Å². The van der Waals surface area contributed by atoms with Crippen LogP contribution in [0.1, 0.15) is 5.56 Å². The molecule has 13 heteroatoms. The number of benzene rings is 3. The van der Waals surface area contributed by atoms with E-state index in [9.17, 15) is 21.6 Å². The lowest BCUT2D eigenvalue weighted by molar-refractivity contribution is -0.114. The molecule has 1 saturated heterocycles. The largest absolute Gasteiger partial charge is 0.497 e. The van der Waals surface area contributed by atoms with Crippen molar-refractivity contribution < 1.29 is 35.8 Å². The number of ether oxygens (including phenoxy) is 3. The fourth-order valence-corrected chi connectivity index (χ4v) is 7.12.